The van der Waals surface area contributed by atoms with Crippen LogP contribution in [-0.4, -0.2) is 37.7 Å². The Balaban J connectivity index is 1.51. The van der Waals surface area contributed by atoms with Crippen molar-refractivity contribution in [2.45, 2.75) is 31.3 Å². The van der Waals surface area contributed by atoms with Crippen molar-refractivity contribution in [2.75, 3.05) is 13.2 Å². The number of imidazole rings is 1. The number of benzene rings is 2. The maximum absolute atomic E-state index is 12.4. The molecule has 0 spiro atoms. The van der Waals surface area contributed by atoms with Crippen LogP contribution in [0.2, 0.25) is 0 Å². The van der Waals surface area contributed by atoms with E-state index in [0.29, 0.717) is 17.0 Å². The van der Waals surface area contributed by atoms with Crippen molar-refractivity contribution in [3.63, 3.8) is 0 Å². The Morgan fingerprint density at radius 2 is 2.00 bits per heavy atom. The molecule has 1 N–H and O–H groups in total. The van der Waals surface area contributed by atoms with Crippen LogP contribution in [0, 0.1) is 6.92 Å². The summed E-state index contributed by atoms with van der Waals surface area (Å²) in [5, 5.41) is 0. The van der Waals surface area contributed by atoms with E-state index < -0.39 is 16.2 Å². The maximum Gasteiger partial charge on any atom is 0.297 e. The summed E-state index contributed by atoms with van der Waals surface area (Å²) in [5.74, 6) is 1.95. The fraction of sp³-hybridized carbons (Fsp3) is 0.316. The average molecular weight is 388 g/mol. The van der Waals surface area contributed by atoms with Crippen molar-refractivity contribution < 1.29 is 22.1 Å². The molecule has 1 aromatic heterocycles. The Labute approximate surface area is 157 Å². The molecule has 1 aliphatic heterocycles. The van der Waals surface area contributed by atoms with Gasteiger partial charge in [-0.05, 0) is 31.2 Å². The highest BCUT2D eigenvalue weighted by molar-refractivity contribution is 7.86. The second kappa shape index (κ2) is 6.86. The molecule has 3 aromatic rings. The third-order valence-electron chi connectivity index (χ3n) is 4.38. The van der Waals surface area contributed by atoms with Gasteiger partial charge >= 0.3 is 0 Å². The first kappa shape index (κ1) is 17.8. The van der Waals surface area contributed by atoms with Crippen LogP contribution in [0.25, 0.3) is 11.0 Å². The summed E-state index contributed by atoms with van der Waals surface area (Å²) in [5.41, 5.74) is 2.50. The Kier molecular flexibility index (Phi) is 4.53. The SMILES string of the molecule is CCc1nc2c3c(ccc2[nH]1)OCC(COS(=O)(=O)c1ccc(C)cc1)O3. The Bertz CT molecular complexity index is 1070. The van der Waals surface area contributed by atoms with Crippen LogP contribution in [0.4, 0.5) is 0 Å². The van der Waals surface area contributed by atoms with Crippen LogP contribution in [-0.2, 0) is 20.7 Å². The van der Waals surface area contributed by atoms with E-state index in [1.165, 1.54) is 12.1 Å². The zero-order chi connectivity index (χ0) is 19.0. The molecule has 1 aliphatic rings. The summed E-state index contributed by atoms with van der Waals surface area (Å²) in [4.78, 5) is 7.86. The van der Waals surface area contributed by atoms with E-state index in [2.05, 4.69) is 9.97 Å². The molecule has 0 radical (unpaired) electrons. The maximum atomic E-state index is 12.4. The topological polar surface area (TPSA) is 90.5 Å². The second-order valence-electron chi connectivity index (χ2n) is 6.43. The number of aromatic amines is 1. The van der Waals surface area contributed by atoms with Crippen molar-refractivity contribution in [1.82, 2.24) is 9.97 Å². The van der Waals surface area contributed by atoms with Crippen molar-refractivity contribution in [3.8, 4) is 11.5 Å². The predicted octanol–water partition coefficient (Wildman–Crippen LogP) is 2.98. The molecule has 1 atom stereocenters. The molecule has 0 bridgehead atoms. The molecule has 2 heterocycles. The number of fused-ring (bicyclic) bond motifs is 3. The van der Waals surface area contributed by atoms with Gasteiger partial charge in [0.1, 0.15) is 24.6 Å². The Hall–Kier alpha value is -2.58. The largest absolute Gasteiger partial charge is 0.486 e. The van der Waals surface area contributed by atoms with Crippen LogP contribution < -0.4 is 9.47 Å². The first-order valence-electron chi connectivity index (χ1n) is 8.73. The van der Waals surface area contributed by atoms with Gasteiger partial charge in [-0.2, -0.15) is 8.42 Å². The molecule has 0 saturated carbocycles. The third kappa shape index (κ3) is 3.50. The number of H-pyrrole nitrogens is 1. The summed E-state index contributed by atoms with van der Waals surface area (Å²) >= 11 is 0. The van der Waals surface area contributed by atoms with Crippen molar-refractivity contribution in [2.24, 2.45) is 0 Å². The fourth-order valence-electron chi connectivity index (χ4n) is 2.88. The molecule has 27 heavy (non-hydrogen) atoms. The zero-order valence-corrected chi connectivity index (χ0v) is 15.9. The van der Waals surface area contributed by atoms with Crippen LogP contribution in [0.5, 0.6) is 11.5 Å². The first-order chi connectivity index (χ1) is 13.0. The van der Waals surface area contributed by atoms with E-state index >= 15 is 0 Å². The van der Waals surface area contributed by atoms with E-state index in [4.69, 9.17) is 13.7 Å². The number of hydrogen-bond donors (Lipinski definition) is 1. The van der Waals surface area contributed by atoms with Gasteiger partial charge in [0, 0.05) is 6.42 Å². The van der Waals surface area contributed by atoms with Crippen molar-refractivity contribution >= 4 is 21.2 Å². The van der Waals surface area contributed by atoms with E-state index in [0.717, 1.165) is 23.3 Å². The summed E-state index contributed by atoms with van der Waals surface area (Å²) in [6.07, 6.45) is 0.219. The summed E-state index contributed by atoms with van der Waals surface area (Å²) < 4.78 is 41.6. The Morgan fingerprint density at radius 1 is 1.22 bits per heavy atom. The number of hydrogen-bond acceptors (Lipinski definition) is 6. The van der Waals surface area contributed by atoms with Gasteiger partial charge in [-0.1, -0.05) is 24.6 Å². The molecular formula is C19H20N2O5S. The van der Waals surface area contributed by atoms with Crippen LogP contribution >= 0.6 is 0 Å². The molecule has 0 aliphatic carbocycles. The number of aryl methyl sites for hydroxylation is 2. The highest BCUT2D eigenvalue weighted by Gasteiger charge is 2.27. The molecular weight excluding hydrogens is 368 g/mol. The average Bonchev–Trinajstić information content (AvgIpc) is 3.10. The minimum Gasteiger partial charge on any atom is -0.486 e. The van der Waals surface area contributed by atoms with Gasteiger partial charge in [0.05, 0.1) is 10.4 Å². The van der Waals surface area contributed by atoms with E-state index in [1.54, 1.807) is 12.1 Å². The lowest BCUT2D eigenvalue weighted by Crippen LogP contribution is -2.34. The van der Waals surface area contributed by atoms with Gasteiger partial charge in [0.15, 0.2) is 17.6 Å². The molecule has 142 valence electrons. The van der Waals surface area contributed by atoms with Crippen LogP contribution in [0.1, 0.15) is 18.3 Å². The van der Waals surface area contributed by atoms with Gasteiger partial charge in [0.25, 0.3) is 10.1 Å². The molecule has 1 unspecified atom stereocenters. The summed E-state index contributed by atoms with van der Waals surface area (Å²) in [6.45, 7) is 3.96. The minimum absolute atomic E-state index is 0.118. The van der Waals surface area contributed by atoms with Gasteiger partial charge in [-0.3, -0.25) is 4.18 Å². The fourth-order valence-corrected chi connectivity index (χ4v) is 3.82. The highest BCUT2D eigenvalue weighted by atomic mass is 32.2. The standard InChI is InChI=1S/C19H20N2O5S/c1-3-17-20-15-8-9-16-19(18(15)21-17)26-13(10-24-16)11-25-27(22,23)14-6-4-12(2)5-7-14/h4-9,13H,3,10-11H2,1-2H3,(H,20,21). The number of ether oxygens (including phenoxy) is 2. The van der Waals surface area contributed by atoms with E-state index in [9.17, 15) is 8.42 Å². The number of rotatable bonds is 5. The third-order valence-corrected chi connectivity index (χ3v) is 5.68. The molecule has 7 nitrogen and oxygen atoms in total. The first-order valence-corrected chi connectivity index (χ1v) is 10.1. The van der Waals surface area contributed by atoms with E-state index in [-0.39, 0.29) is 18.1 Å². The zero-order valence-electron chi connectivity index (χ0n) is 15.1. The van der Waals surface area contributed by atoms with Gasteiger partial charge in [-0.15, -0.1) is 0 Å². The van der Waals surface area contributed by atoms with E-state index in [1.807, 2.05) is 26.0 Å². The smallest absolute Gasteiger partial charge is 0.297 e. The summed E-state index contributed by atoms with van der Waals surface area (Å²) in [7, 11) is -3.85. The van der Waals surface area contributed by atoms with Gasteiger partial charge in [0.2, 0.25) is 0 Å². The quantitative estimate of drug-likeness (QED) is 0.676. The minimum atomic E-state index is -3.85. The molecule has 0 fully saturated rings. The van der Waals surface area contributed by atoms with Crippen LogP contribution in [0.15, 0.2) is 41.3 Å². The molecule has 0 saturated heterocycles. The second-order valence-corrected chi connectivity index (χ2v) is 8.04. The molecule has 8 heteroatoms. The molecule has 2 aromatic carbocycles. The lowest BCUT2D eigenvalue weighted by molar-refractivity contribution is 0.0569. The summed E-state index contributed by atoms with van der Waals surface area (Å²) in [6, 6.07) is 10.2. The molecule has 0 amide bonds. The van der Waals surface area contributed by atoms with Gasteiger partial charge < -0.3 is 14.5 Å². The lowest BCUT2D eigenvalue weighted by atomic mass is 10.2. The number of aromatic nitrogens is 2. The number of nitrogens with one attached hydrogen (secondary N) is 1. The van der Waals surface area contributed by atoms with Gasteiger partial charge in [-0.25, -0.2) is 4.98 Å². The Morgan fingerprint density at radius 3 is 2.74 bits per heavy atom. The van der Waals surface area contributed by atoms with Crippen molar-refractivity contribution in [1.29, 1.82) is 0 Å². The number of nitrogens with zero attached hydrogens (tertiary/aromatic N) is 1. The van der Waals surface area contributed by atoms with Crippen LogP contribution in [0.3, 0.4) is 0 Å². The lowest BCUT2D eigenvalue weighted by Gasteiger charge is -2.26. The van der Waals surface area contributed by atoms with Crippen molar-refractivity contribution in [3.05, 3.63) is 47.8 Å². The molecule has 4 rings (SSSR count). The normalized spacial score (nSPS) is 16.6. The monoisotopic (exact) mass is 388 g/mol. The predicted molar refractivity (Wildman–Crippen MR) is 99.7 cm³/mol. The highest BCUT2D eigenvalue weighted by Crippen LogP contribution is 2.38.